The molecule has 0 aliphatic carbocycles. The van der Waals surface area contributed by atoms with Crippen molar-refractivity contribution >= 4 is 26.0 Å². The van der Waals surface area contributed by atoms with E-state index in [2.05, 4.69) is 15.9 Å². The van der Waals surface area contributed by atoms with Crippen LogP contribution in [0.3, 0.4) is 0 Å². The Morgan fingerprint density at radius 3 is 2.78 bits per heavy atom. The summed E-state index contributed by atoms with van der Waals surface area (Å²) in [7, 11) is -1.81. The first-order valence-electron chi connectivity index (χ1n) is 5.83. The molecular formula is C12H16BrNO3S. The zero-order valence-corrected chi connectivity index (χ0v) is 12.6. The van der Waals surface area contributed by atoms with E-state index in [9.17, 15) is 8.42 Å². The van der Waals surface area contributed by atoms with Crippen LogP contribution in [-0.2, 0) is 14.8 Å². The predicted octanol–water partition coefficient (Wildman–Crippen LogP) is 2.25. The zero-order valence-electron chi connectivity index (χ0n) is 10.2. The van der Waals surface area contributed by atoms with E-state index in [4.69, 9.17) is 4.74 Å². The molecule has 1 aromatic carbocycles. The van der Waals surface area contributed by atoms with Gasteiger partial charge in [-0.15, -0.1) is 0 Å². The topological polar surface area (TPSA) is 46.6 Å². The number of piperidine rings is 1. The van der Waals surface area contributed by atoms with E-state index in [-0.39, 0.29) is 6.10 Å². The Bertz CT molecular complexity index is 518. The third-order valence-electron chi connectivity index (χ3n) is 3.13. The molecule has 0 amide bonds. The Balaban J connectivity index is 2.29. The molecule has 1 unspecified atom stereocenters. The Kier molecular flexibility index (Phi) is 4.42. The van der Waals surface area contributed by atoms with Crippen molar-refractivity contribution in [1.82, 2.24) is 4.31 Å². The van der Waals surface area contributed by atoms with Gasteiger partial charge in [0, 0.05) is 24.7 Å². The van der Waals surface area contributed by atoms with Gasteiger partial charge in [0.25, 0.3) is 0 Å². The van der Waals surface area contributed by atoms with Gasteiger partial charge in [0.05, 0.1) is 11.0 Å². The van der Waals surface area contributed by atoms with Gasteiger partial charge in [-0.25, -0.2) is 8.42 Å². The average molecular weight is 334 g/mol. The van der Waals surface area contributed by atoms with Gasteiger partial charge >= 0.3 is 0 Å². The molecule has 0 saturated carbocycles. The van der Waals surface area contributed by atoms with E-state index < -0.39 is 10.0 Å². The van der Waals surface area contributed by atoms with Crippen molar-refractivity contribution in [2.24, 2.45) is 0 Å². The van der Waals surface area contributed by atoms with Crippen LogP contribution in [0.25, 0.3) is 0 Å². The fourth-order valence-electron chi connectivity index (χ4n) is 2.11. The highest BCUT2D eigenvalue weighted by Crippen LogP contribution is 2.27. The SMILES string of the molecule is COC1CCCN(S(=O)(=O)c2ccccc2Br)C1. The lowest BCUT2D eigenvalue weighted by Gasteiger charge is -2.31. The van der Waals surface area contributed by atoms with Crippen LogP contribution in [0, 0.1) is 0 Å². The fraction of sp³-hybridized carbons (Fsp3) is 0.500. The van der Waals surface area contributed by atoms with Crippen LogP contribution in [0.1, 0.15) is 12.8 Å². The number of rotatable bonds is 3. The van der Waals surface area contributed by atoms with Crippen molar-refractivity contribution in [2.45, 2.75) is 23.8 Å². The minimum atomic E-state index is -3.43. The minimum absolute atomic E-state index is 0.00369. The van der Waals surface area contributed by atoms with E-state index in [1.807, 2.05) is 0 Å². The highest BCUT2D eigenvalue weighted by Gasteiger charge is 2.31. The lowest BCUT2D eigenvalue weighted by atomic mass is 10.1. The summed E-state index contributed by atoms with van der Waals surface area (Å²) in [5, 5.41) is 0. The molecule has 0 radical (unpaired) electrons. The van der Waals surface area contributed by atoms with E-state index in [0.29, 0.717) is 22.5 Å². The Labute approximate surface area is 116 Å². The molecule has 1 heterocycles. The van der Waals surface area contributed by atoms with Crippen molar-refractivity contribution in [3.05, 3.63) is 28.7 Å². The second kappa shape index (κ2) is 5.69. The number of hydrogen-bond acceptors (Lipinski definition) is 3. The molecule has 1 aliphatic heterocycles. The summed E-state index contributed by atoms with van der Waals surface area (Å²) in [6.45, 7) is 0.990. The molecule has 0 N–H and O–H groups in total. The van der Waals surface area contributed by atoms with Gasteiger partial charge in [0.2, 0.25) is 10.0 Å². The maximum Gasteiger partial charge on any atom is 0.244 e. The van der Waals surface area contributed by atoms with Gasteiger partial charge in [-0.2, -0.15) is 4.31 Å². The number of sulfonamides is 1. The van der Waals surface area contributed by atoms with Gasteiger partial charge in [-0.3, -0.25) is 0 Å². The summed E-state index contributed by atoms with van der Waals surface area (Å²) >= 11 is 3.29. The highest BCUT2D eigenvalue weighted by atomic mass is 79.9. The lowest BCUT2D eigenvalue weighted by molar-refractivity contribution is 0.0572. The second-order valence-electron chi connectivity index (χ2n) is 4.29. The van der Waals surface area contributed by atoms with E-state index in [1.165, 1.54) is 4.31 Å². The third-order valence-corrected chi connectivity index (χ3v) is 6.01. The van der Waals surface area contributed by atoms with Crippen molar-refractivity contribution < 1.29 is 13.2 Å². The highest BCUT2D eigenvalue weighted by molar-refractivity contribution is 9.10. The van der Waals surface area contributed by atoms with E-state index in [1.54, 1.807) is 31.4 Å². The maximum atomic E-state index is 12.5. The molecule has 18 heavy (non-hydrogen) atoms. The number of ether oxygens (including phenoxy) is 1. The molecule has 1 fully saturated rings. The summed E-state index contributed by atoms with van der Waals surface area (Å²) in [6, 6.07) is 6.90. The van der Waals surface area contributed by atoms with Gasteiger partial charge < -0.3 is 4.74 Å². The normalized spacial score (nSPS) is 22.0. The summed E-state index contributed by atoms with van der Waals surface area (Å²) < 4.78 is 32.4. The summed E-state index contributed by atoms with van der Waals surface area (Å²) in [5.74, 6) is 0. The van der Waals surface area contributed by atoms with Gasteiger partial charge in [-0.05, 0) is 40.9 Å². The monoisotopic (exact) mass is 333 g/mol. The summed E-state index contributed by atoms with van der Waals surface area (Å²) in [4.78, 5) is 0.321. The molecule has 6 heteroatoms. The lowest BCUT2D eigenvalue weighted by Crippen LogP contribution is -2.42. The van der Waals surface area contributed by atoms with Crippen molar-refractivity contribution in [3.63, 3.8) is 0 Å². The molecule has 1 saturated heterocycles. The zero-order chi connectivity index (χ0) is 13.2. The van der Waals surface area contributed by atoms with Crippen LogP contribution in [0.15, 0.2) is 33.6 Å². The second-order valence-corrected chi connectivity index (χ2v) is 7.05. The van der Waals surface area contributed by atoms with Gasteiger partial charge in [0.15, 0.2) is 0 Å². The molecular weight excluding hydrogens is 318 g/mol. The number of benzene rings is 1. The summed E-state index contributed by atoms with van der Waals surface area (Å²) in [6.07, 6.45) is 1.75. The molecule has 1 atom stereocenters. The van der Waals surface area contributed by atoms with Crippen LogP contribution in [0.5, 0.6) is 0 Å². The van der Waals surface area contributed by atoms with E-state index >= 15 is 0 Å². The molecule has 100 valence electrons. The Morgan fingerprint density at radius 2 is 2.11 bits per heavy atom. The fourth-order valence-corrected chi connectivity index (χ4v) is 4.58. The average Bonchev–Trinajstić information content (AvgIpc) is 2.39. The number of nitrogens with zero attached hydrogens (tertiary/aromatic N) is 1. The molecule has 2 rings (SSSR count). The van der Waals surface area contributed by atoms with Gasteiger partial charge in [-0.1, -0.05) is 12.1 Å². The quantitative estimate of drug-likeness (QED) is 0.852. The first kappa shape index (κ1) is 14.0. The summed E-state index contributed by atoms with van der Waals surface area (Å²) in [5.41, 5.74) is 0. The maximum absolute atomic E-state index is 12.5. The van der Waals surface area contributed by atoms with Crippen molar-refractivity contribution in [3.8, 4) is 0 Å². The smallest absolute Gasteiger partial charge is 0.244 e. The van der Waals surface area contributed by atoms with Crippen LogP contribution in [-0.4, -0.2) is 39.0 Å². The van der Waals surface area contributed by atoms with Crippen molar-refractivity contribution in [1.29, 1.82) is 0 Å². The molecule has 0 aromatic heterocycles. The third kappa shape index (κ3) is 2.77. The first-order valence-corrected chi connectivity index (χ1v) is 8.06. The number of methoxy groups -OCH3 is 1. The molecule has 0 spiro atoms. The molecule has 0 bridgehead atoms. The van der Waals surface area contributed by atoms with Crippen LogP contribution in [0.2, 0.25) is 0 Å². The predicted molar refractivity (Wildman–Crippen MR) is 72.9 cm³/mol. The van der Waals surface area contributed by atoms with Crippen LogP contribution >= 0.6 is 15.9 Å². The van der Waals surface area contributed by atoms with E-state index in [0.717, 1.165) is 12.8 Å². The Hall–Kier alpha value is -0.430. The van der Waals surface area contributed by atoms with Crippen LogP contribution in [0.4, 0.5) is 0 Å². The Morgan fingerprint density at radius 1 is 1.39 bits per heavy atom. The van der Waals surface area contributed by atoms with Crippen LogP contribution < -0.4 is 0 Å². The molecule has 1 aliphatic rings. The van der Waals surface area contributed by atoms with Gasteiger partial charge in [0.1, 0.15) is 0 Å². The van der Waals surface area contributed by atoms with Crippen molar-refractivity contribution in [2.75, 3.05) is 20.2 Å². The molecule has 1 aromatic rings. The number of halogens is 1. The largest absolute Gasteiger partial charge is 0.380 e. The standard InChI is InChI=1S/C12H16BrNO3S/c1-17-10-5-4-8-14(9-10)18(15,16)12-7-3-2-6-11(12)13/h2-3,6-7,10H,4-5,8-9H2,1H3. The minimum Gasteiger partial charge on any atom is -0.380 e. The number of hydrogen-bond donors (Lipinski definition) is 0. The molecule has 4 nitrogen and oxygen atoms in total. The first-order chi connectivity index (χ1) is 8.55.